The van der Waals surface area contributed by atoms with Gasteiger partial charge in [-0.3, -0.25) is 0 Å². The van der Waals surface area contributed by atoms with Crippen molar-refractivity contribution in [1.29, 1.82) is 0 Å². The van der Waals surface area contributed by atoms with Crippen molar-refractivity contribution in [3.63, 3.8) is 0 Å². The molecule has 0 spiro atoms. The van der Waals surface area contributed by atoms with Gasteiger partial charge in [0.15, 0.2) is 0 Å². The van der Waals surface area contributed by atoms with Gasteiger partial charge in [-0.25, -0.2) is 0 Å². The molecule has 0 aliphatic heterocycles. The minimum Gasteiger partial charge on any atom is -0.0571 e. The minimum atomic E-state index is 0.397. The van der Waals surface area contributed by atoms with Gasteiger partial charge in [0.2, 0.25) is 0 Å². The van der Waals surface area contributed by atoms with Crippen LogP contribution in [0.25, 0.3) is 0 Å². The van der Waals surface area contributed by atoms with Gasteiger partial charge in [0, 0.05) is 8.95 Å². The summed E-state index contributed by atoms with van der Waals surface area (Å²) in [6, 6.07) is 14.0. The highest BCUT2D eigenvalue weighted by Gasteiger charge is 2.59. The van der Waals surface area contributed by atoms with E-state index in [1.807, 2.05) is 0 Å². The summed E-state index contributed by atoms with van der Waals surface area (Å²) in [5.74, 6) is 1.81. The lowest BCUT2D eigenvalue weighted by Crippen LogP contribution is -2.56. The van der Waals surface area contributed by atoms with E-state index < -0.39 is 0 Å². The molecule has 2 aromatic carbocycles. The molecular formula is C24H26Br2. The van der Waals surface area contributed by atoms with Crippen LogP contribution in [0.3, 0.4) is 0 Å². The van der Waals surface area contributed by atoms with E-state index in [0.717, 1.165) is 11.8 Å². The van der Waals surface area contributed by atoms with Gasteiger partial charge in [-0.15, -0.1) is 0 Å². The smallest absolute Gasteiger partial charge is 0.0178 e. The van der Waals surface area contributed by atoms with Gasteiger partial charge < -0.3 is 0 Å². The van der Waals surface area contributed by atoms with E-state index in [-0.39, 0.29) is 0 Å². The van der Waals surface area contributed by atoms with E-state index in [2.05, 4.69) is 82.1 Å². The van der Waals surface area contributed by atoms with E-state index in [9.17, 15) is 0 Å². The molecule has 0 heterocycles. The standard InChI is InChI=1S/C24H26Br2/c1-15-7-19(25)3-5-21(15)23-10-17-9-18(11-23)13-24(12-17,14-23)22-6-4-20(26)8-16(22)2/h3-8,17-18H,9-14H2,1-2H3. The number of halogens is 2. The van der Waals surface area contributed by atoms with E-state index >= 15 is 0 Å². The highest BCUT2D eigenvalue weighted by atomic mass is 79.9. The van der Waals surface area contributed by atoms with Crippen LogP contribution in [0, 0.1) is 25.7 Å². The van der Waals surface area contributed by atoms with Crippen LogP contribution in [0.2, 0.25) is 0 Å². The lowest BCUT2D eigenvalue weighted by atomic mass is 9.41. The summed E-state index contributed by atoms with van der Waals surface area (Å²) in [6.45, 7) is 4.63. The SMILES string of the molecule is Cc1cc(Br)ccc1C12CC3CC(C1)CC(c1ccc(Br)cc1C)(C3)C2. The van der Waals surface area contributed by atoms with Crippen molar-refractivity contribution in [2.75, 3.05) is 0 Å². The molecule has 0 N–H and O–H groups in total. The number of hydrogen-bond acceptors (Lipinski definition) is 0. The molecule has 4 bridgehead atoms. The topological polar surface area (TPSA) is 0 Å². The second-order valence-corrected chi connectivity index (χ2v) is 11.3. The molecule has 26 heavy (non-hydrogen) atoms. The summed E-state index contributed by atoms with van der Waals surface area (Å²) in [4.78, 5) is 0. The third kappa shape index (κ3) is 2.58. The van der Waals surface area contributed by atoms with Crippen molar-refractivity contribution in [1.82, 2.24) is 0 Å². The Kier molecular flexibility index (Phi) is 4.00. The normalized spacial score (nSPS) is 35.1. The van der Waals surface area contributed by atoms with Gasteiger partial charge in [0.1, 0.15) is 0 Å². The van der Waals surface area contributed by atoms with Crippen LogP contribution in [-0.4, -0.2) is 0 Å². The van der Waals surface area contributed by atoms with Crippen molar-refractivity contribution in [3.8, 4) is 0 Å². The molecule has 136 valence electrons. The van der Waals surface area contributed by atoms with Crippen molar-refractivity contribution in [3.05, 3.63) is 67.6 Å². The summed E-state index contributed by atoms with van der Waals surface area (Å²) >= 11 is 7.33. The molecule has 0 radical (unpaired) electrons. The van der Waals surface area contributed by atoms with Crippen LogP contribution in [-0.2, 0) is 10.8 Å². The van der Waals surface area contributed by atoms with Crippen LogP contribution in [0.1, 0.15) is 60.8 Å². The maximum atomic E-state index is 3.67. The first-order valence-electron chi connectivity index (χ1n) is 9.92. The molecule has 0 unspecified atom stereocenters. The largest absolute Gasteiger partial charge is 0.0571 e. The molecule has 0 nitrogen and oxygen atoms in total. The second-order valence-electron chi connectivity index (χ2n) is 9.44. The van der Waals surface area contributed by atoms with Gasteiger partial charge >= 0.3 is 0 Å². The summed E-state index contributed by atoms with van der Waals surface area (Å²) in [5.41, 5.74) is 7.01. The Morgan fingerprint density at radius 1 is 0.731 bits per heavy atom. The van der Waals surface area contributed by atoms with Crippen LogP contribution >= 0.6 is 31.9 Å². The second kappa shape index (κ2) is 5.95. The Morgan fingerprint density at radius 2 is 1.15 bits per heavy atom. The molecule has 4 fully saturated rings. The summed E-state index contributed by atoms with van der Waals surface area (Å²) in [5, 5.41) is 0. The number of rotatable bonds is 2. The van der Waals surface area contributed by atoms with Crippen molar-refractivity contribution >= 4 is 31.9 Å². The quantitative estimate of drug-likeness (QED) is 0.420. The lowest BCUT2D eigenvalue weighted by molar-refractivity contribution is -0.0286. The Hall–Kier alpha value is -0.600. The first-order valence-corrected chi connectivity index (χ1v) is 11.5. The third-order valence-corrected chi connectivity index (χ3v) is 8.57. The molecule has 4 aliphatic carbocycles. The average Bonchev–Trinajstić information content (AvgIpc) is 2.52. The van der Waals surface area contributed by atoms with Gasteiger partial charge in [0.25, 0.3) is 0 Å². The van der Waals surface area contributed by atoms with Crippen molar-refractivity contribution < 1.29 is 0 Å². The molecule has 0 saturated heterocycles. The van der Waals surface area contributed by atoms with Crippen molar-refractivity contribution in [2.24, 2.45) is 11.8 Å². The molecule has 6 rings (SSSR count). The predicted octanol–water partition coefficient (Wildman–Crippen LogP) is 7.62. The van der Waals surface area contributed by atoms with Crippen LogP contribution < -0.4 is 0 Å². The maximum absolute atomic E-state index is 3.67. The zero-order valence-corrected chi connectivity index (χ0v) is 18.8. The average molecular weight is 474 g/mol. The Labute approximate surface area is 174 Å². The van der Waals surface area contributed by atoms with E-state index in [4.69, 9.17) is 0 Å². The van der Waals surface area contributed by atoms with E-state index in [1.165, 1.54) is 58.6 Å². The molecule has 2 heteroatoms. The Bertz CT molecular complexity index is 798. The molecule has 0 aromatic heterocycles. The molecule has 0 atom stereocenters. The maximum Gasteiger partial charge on any atom is 0.0178 e. The number of hydrogen-bond donors (Lipinski definition) is 0. The van der Waals surface area contributed by atoms with Crippen LogP contribution in [0.4, 0.5) is 0 Å². The van der Waals surface area contributed by atoms with Crippen LogP contribution in [0.15, 0.2) is 45.3 Å². The first kappa shape index (κ1) is 17.5. The molecule has 2 aromatic rings. The van der Waals surface area contributed by atoms with Crippen LogP contribution in [0.5, 0.6) is 0 Å². The van der Waals surface area contributed by atoms with E-state index in [1.54, 1.807) is 11.1 Å². The van der Waals surface area contributed by atoms with Gasteiger partial charge in [-0.05, 0) is 122 Å². The fraction of sp³-hybridized carbons (Fsp3) is 0.500. The Balaban J connectivity index is 1.64. The van der Waals surface area contributed by atoms with E-state index in [0.29, 0.717) is 10.8 Å². The van der Waals surface area contributed by atoms with Gasteiger partial charge in [-0.2, -0.15) is 0 Å². The highest BCUT2D eigenvalue weighted by molar-refractivity contribution is 9.10. The summed E-state index contributed by atoms with van der Waals surface area (Å²) < 4.78 is 2.42. The molecule has 4 saturated carbocycles. The Morgan fingerprint density at radius 3 is 1.54 bits per heavy atom. The number of aryl methyl sites for hydroxylation is 2. The lowest BCUT2D eigenvalue weighted by Gasteiger charge is -2.63. The van der Waals surface area contributed by atoms with Crippen molar-refractivity contribution in [2.45, 2.75) is 63.2 Å². The highest BCUT2D eigenvalue weighted by Crippen LogP contribution is 2.66. The predicted molar refractivity (Wildman–Crippen MR) is 116 cm³/mol. The molecule has 0 amide bonds. The number of benzene rings is 2. The first-order chi connectivity index (χ1) is 12.4. The minimum absolute atomic E-state index is 0.397. The third-order valence-electron chi connectivity index (χ3n) is 7.58. The molecular weight excluding hydrogens is 448 g/mol. The zero-order chi connectivity index (χ0) is 18.1. The zero-order valence-electron chi connectivity index (χ0n) is 15.6. The summed E-state index contributed by atoms with van der Waals surface area (Å²) in [6.07, 6.45) is 8.44. The van der Waals surface area contributed by atoms with Gasteiger partial charge in [-0.1, -0.05) is 44.0 Å². The van der Waals surface area contributed by atoms with Gasteiger partial charge in [0.05, 0.1) is 0 Å². The monoisotopic (exact) mass is 472 g/mol. The fourth-order valence-corrected chi connectivity index (χ4v) is 8.29. The molecule has 4 aliphatic rings. The summed E-state index contributed by atoms with van der Waals surface area (Å²) in [7, 11) is 0. The fourth-order valence-electron chi connectivity index (χ4n) is 7.34.